The number of carbonyl (C=O) groups excluding carboxylic acids is 5. The topological polar surface area (TPSA) is 190 Å². The lowest BCUT2D eigenvalue weighted by atomic mass is 10.0. The maximum absolute atomic E-state index is 14.2. The molecule has 1 aromatic heterocycles. The van der Waals surface area contributed by atoms with Gasteiger partial charge in [-0.25, -0.2) is 14.6 Å². The maximum atomic E-state index is 14.2. The van der Waals surface area contributed by atoms with Crippen molar-refractivity contribution in [3.63, 3.8) is 0 Å². The van der Waals surface area contributed by atoms with E-state index in [2.05, 4.69) is 38.4 Å². The van der Waals surface area contributed by atoms with Gasteiger partial charge in [-0.3, -0.25) is 14.4 Å². The lowest BCUT2D eigenvalue weighted by molar-refractivity contribution is -0.134. The summed E-state index contributed by atoms with van der Waals surface area (Å²) in [7, 11) is 0. The van der Waals surface area contributed by atoms with Crippen molar-refractivity contribution in [1.82, 2.24) is 45.9 Å². The Bertz CT molecular complexity index is 2420. The van der Waals surface area contributed by atoms with Gasteiger partial charge in [0.05, 0.1) is 44.4 Å². The molecule has 0 radical (unpaired) electrons. The Morgan fingerprint density at radius 3 is 1.81 bits per heavy atom. The molecule has 3 atom stereocenters. The van der Waals surface area contributed by atoms with Gasteiger partial charge in [0.2, 0.25) is 17.7 Å². The molecular weight excluding hydrogens is 851 g/mol. The molecule has 0 aliphatic carbocycles. The lowest BCUT2D eigenvalue weighted by Gasteiger charge is -2.32. The maximum Gasteiger partial charge on any atom is 0.318 e. The fourth-order valence-electron chi connectivity index (χ4n) is 8.65. The molecule has 0 bridgehead atoms. The minimum absolute atomic E-state index is 0.0653. The lowest BCUT2D eigenvalue weighted by Crippen LogP contribution is -2.50. The first-order chi connectivity index (χ1) is 32.8. The highest BCUT2D eigenvalue weighted by atomic mass is 16.5. The van der Waals surface area contributed by atoms with Gasteiger partial charge >= 0.3 is 12.1 Å². The molecule has 5 aromatic rings. The highest BCUT2D eigenvalue weighted by Gasteiger charge is 2.37. The molecule has 0 spiro atoms. The zero-order chi connectivity index (χ0) is 46.4. The molecule has 3 fully saturated rings. The van der Waals surface area contributed by atoms with E-state index in [1.807, 2.05) is 102 Å². The number of hydrogen-bond acceptors (Lipinski definition) is 8. The summed E-state index contributed by atoms with van der Waals surface area (Å²) in [5, 5.41) is 11.8. The summed E-state index contributed by atoms with van der Waals surface area (Å²) < 4.78 is 10.8. The Kier molecular flexibility index (Phi) is 15.9. The number of aromatic amines is 1. The van der Waals surface area contributed by atoms with E-state index >= 15 is 0 Å². The van der Waals surface area contributed by atoms with Crippen LogP contribution in [-0.4, -0.2) is 120 Å². The van der Waals surface area contributed by atoms with Crippen molar-refractivity contribution in [2.45, 2.75) is 56.8 Å². The largest absolute Gasteiger partial charge is 0.378 e. The van der Waals surface area contributed by atoms with Crippen molar-refractivity contribution in [2.75, 3.05) is 65.7 Å². The highest BCUT2D eigenvalue weighted by Crippen LogP contribution is 2.34. The SMILES string of the molecule is O=C(CCCCNC(=O)[C@H](NC(=O)N1CCOCC1)c1ccccc1)NCc1ccc(-c2ccc(-c3cnc([C@@H]4CCCN4C(=O)[C@H](NC(=O)N4CCOCC4)c4ccccc4)[nH]3)cc2)cc1. The summed E-state index contributed by atoms with van der Waals surface area (Å²) in [6.45, 7) is 5.13. The molecule has 0 unspecified atom stereocenters. The Morgan fingerprint density at radius 1 is 0.642 bits per heavy atom. The molecule has 3 aliphatic heterocycles. The number of unbranched alkanes of at least 4 members (excludes halogenated alkanes) is 1. The van der Waals surface area contributed by atoms with Crippen LogP contribution in [0.5, 0.6) is 0 Å². The first-order valence-electron chi connectivity index (χ1n) is 23.3. The monoisotopic (exact) mass is 909 g/mol. The number of nitrogens with one attached hydrogen (secondary N) is 5. The van der Waals surface area contributed by atoms with Crippen LogP contribution in [0, 0.1) is 0 Å². The molecule has 4 heterocycles. The van der Waals surface area contributed by atoms with Gasteiger partial charge < -0.3 is 50.4 Å². The zero-order valence-corrected chi connectivity index (χ0v) is 37.7. The van der Waals surface area contributed by atoms with Crippen LogP contribution in [0.15, 0.2) is 115 Å². The molecule has 350 valence electrons. The number of amides is 7. The van der Waals surface area contributed by atoms with E-state index in [4.69, 9.17) is 14.5 Å². The summed E-state index contributed by atoms with van der Waals surface area (Å²) >= 11 is 0. The van der Waals surface area contributed by atoms with Crippen LogP contribution in [0.3, 0.4) is 0 Å². The average Bonchev–Trinajstić information content (AvgIpc) is 4.09. The van der Waals surface area contributed by atoms with Crippen molar-refractivity contribution in [1.29, 1.82) is 0 Å². The number of morpholine rings is 2. The Balaban J connectivity index is 0.786. The van der Waals surface area contributed by atoms with Crippen molar-refractivity contribution >= 4 is 29.8 Å². The van der Waals surface area contributed by atoms with Crippen LogP contribution < -0.4 is 21.3 Å². The number of urea groups is 2. The minimum atomic E-state index is -0.832. The highest BCUT2D eigenvalue weighted by molar-refractivity contribution is 5.89. The third-order valence-corrected chi connectivity index (χ3v) is 12.5. The molecule has 3 saturated heterocycles. The summed E-state index contributed by atoms with van der Waals surface area (Å²) in [6.07, 6.45) is 4.93. The van der Waals surface area contributed by atoms with Gasteiger partial charge in [-0.05, 0) is 59.1 Å². The average molecular weight is 910 g/mol. The summed E-state index contributed by atoms with van der Waals surface area (Å²) in [6, 6.07) is 32.3. The van der Waals surface area contributed by atoms with Gasteiger partial charge in [-0.1, -0.05) is 109 Å². The second-order valence-electron chi connectivity index (χ2n) is 17.0. The number of rotatable bonds is 16. The Morgan fingerprint density at radius 2 is 1.19 bits per heavy atom. The second-order valence-corrected chi connectivity index (χ2v) is 17.0. The normalized spacial score (nSPS) is 17.0. The zero-order valence-electron chi connectivity index (χ0n) is 37.7. The quantitative estimate of drug-likeness (QED) is 0.0760. The molecule has 16 heteroatoms. The molecular formula is C51H59N9O7. The number of carbonyl (C=O) groups is 5. The number of H-pyrrole nitrogens is 1. The van der Waals surface area contributed by atoms with Crippen molar-refractivity contribution in [2.24, 2.45) is 0 Å². The summed E-state index contributed by atoms with van der Waals surface area (Å²) in [4.78, 5) is 79.7. The van der Waals surface area contributed by atoms with Gasteiger partial charge in [-0.15, -0.1) is 0 Å². The van der Waals surface area contributed by atoms with Crippen LogP contribution in [0.1, 0.15) is 72.7 Å². The molecule has 7 amide bonds. The standard InChI is InChI=1S/C51H59N9O7/c61-44(15-7-8-24-52-48(62)45(40-10-3-1-4-11-40)56-50(64)58-26-30-66-31-27-58)53-34-36-16-18-37(19-17-36)38-20-22-39(23-21-38)42-35-54-47(55-42)43-14-9-25-60(43)49(63)46(41-12-5-2-6-13-41)57-51(65)59-28-32-67-33-29-59/h1-6,10-13,16-23,35,43,45-46H,7-9,14-15,24-34H2,(H,52,62)(H,53,61)(H,54,55)(H,56,64)(H,57,65)/t43-,45+,46+/m0/s1. The number of nitrogens with zero attached hydrogens (tertiary/aromatic N) is 4. The second kappa shape index (κ2) is 22.9. The number of imidazole rings is 1. The molecule has 5 N–H and O–H groups in total. The van der Waals surface area contributed by atoms with Crippen LogP contribution in [-0.2, 0) is 30.4 Å². The minimum Gasteiger partial charge on any atom is -0.378 e. The van der Waals surface area contributed by atoms with Crippen LogP contribution >= 0.6 is 0 Å². The van der Waals surface area contributed by atoms with E-state index in [9.17, 15) is 24.0 Å². The molecule has 8 rings (SSSR count). The van der Waals surface area contributed by atoms with Crippen molar-refractivity contribution in [3.05, 3.63) is 138 Å². The number of likely N-dealkylation sites (tertiary alicyclic amines) is 1. The predicted octanol–water partition coefficient (Wildman–Crippen LogP) is 5.88. The van der Waals surface area contributed by atoms with E-state index < -0.39 is 12.1 Å². The van der Waals surface area contributed by atoms with E-state index in [1.165, 1.54) is 0 Å². The molecule has 4 aromatic carbocycles. The number of aromatic nitrogens is 2. The van der Waals surface area contributed by atoms with Gasteiger partial charge in [0.25, 0.3) is 0 Å². The number of ether oxygens (including phenoxy) is 2. The van der Waals surface area contributed by atoms with Gasteiger partial charge in [-0.2, -0.15) is 0 Å². The summed E-state index contributed by atoms with van der Waals surface area (Å²) in [5.41, 5.74) is 6.29. The van der Waals surface area contributed by atoms with Crippen molar-refractivity contribution in [3.8, 4) is 22.4 Å². The predicted molar refractivity (Wildman–Crippen MR) is 252 cm³/mol. The van der Waals surface area contributed by atoms with Crippen LogP contribution in [0.4, 0.5) is 9.59 Å². The van der Waals surface area contributed by atoms with Gasteiger partial charge in [0.15, 0.2) is 0 Å². The smallest absolute Gasteiger partial charge is 0.318 e. The third-order valence-electron chi connectivity index (χ3n) is 12.5. The third kappa shape index (κ3) is 12.3. The van der Waals surface area contributed by atoms with E-state index in [0.717, 1.165) is 46.4 Å². The van der Waals surface area contributed by atoms with Crippen LogP contribution in [0.2, 0.25) is 0 Å². The molecule has 67 heavy (non-hydrogen) atoms. The fourth-order valence-corrected chi connectivity index (χ4v) is 8.65. The molecule has 0 saturated carbocycles. The summed E-state index contributed by atoms with van der Waals surface area (Å²) in [5.74, 6) is 0.185. The molecule has 16 nitrogen and oxygen atoms in total. The molecule has 3 aliphatic rings. The first kappa shape index (κ1) is 46.5. The van der Waals surface area contributed by atoms with Gasteiger partial charge in [0.1, 0.15) is 17.9 Å². The number of hydrogen-bond donors (Lipinski definition) is 5. The van der Waals surface area contributed by atoms with E-state index in [1.54, 1.807) is 16.0 Å². The Hall–Kier alpha value is -7.04. The van der Waals surface area contributed by atoms with Crippen LogP contribution in [0.25, 0.3) is 22.4 Å². The van der Waals surface area contributed by atoms with E-state index in [-0.39, 0.29) is 35.8 Å². The fraction of sp³-hybridized carbons (Fsp3) is 0.373. The van der Waals surface area contributed by atoms with E-state index in [0.29, 0.717) is 103 Å². The Labute approximate surface area is 390 Å². The first-order valence-corrected chi connectivity index (χ1v) is 23.3. The number of benzene rings is 4. The van der Waals surface area contributed by atoms with Gasteiger partial charge in [0, 0.05) is 52.2 Å². The van der Waals surface area contributed by atoms with Crippen molar-refractivity contribution < 1.29 is 33.4 Å².